The minimum Gasteiger partial charge on any atom is -0.370 e. The molecule has 1 aromatic carbocycles. The Bertz CT molecular complexity index is 902. The number of piperidine rings is 1. The summed E-state index contributed by atoms with van der Waals surface area (Å²) in [5.41, 5.74) is 2.36. The Morgan fingerprint density at radius 1 is 1.25 bits per heavy atom. The second-order valence-electron chi connectivity index (χ2n) is 7.85. The Morgan fingerprint density at radius 3 is 2.86 bits per heavy atom. The van der Waals surface area contributed by atoms with Gasteiger partial charge in [-0.25, -0.2) is 4.79 Å². The van der Waals surface area contributed by atoms with E-state index in [9.17, 15) is 14.9 Å². The number of ketones is 1. The van der Waals surface area contributed by atoms with Gasteiger partial charge in [0.15, 0.2) is 5.78 Å². The number of Topliss-reactive ketones (excluding diaryl/α,β-unsaturated/α-hetero) is 1. The van der Waals surface area contributed by atoms with Crippen LogP contribution >= 0.6 is 0 Å². The van der Waals surface area contributed by atoms with Crippen LogP contribution in [0.15, 0.2) is 18.2 Å². The predicted molar refractivity (Wildman–Crippen MR) is 102 cm³/mol. The van der Waals surface area contributed by atoms with Crippen LogP contribution in [0, 0.1) is 41.9 Å². The molecule has 6 nitrogen and oxygen atoms in total. The van der Waals surface area contributed by atoms with Gasteiger partial charge < -0.3 is 14.5 Å². The van der Waals surface area contributed by atoms with Gasteiger partial charge in [-0.2, -0.15) is 5.26 Å². The average molecular weight is 377 g/mol. The van der Waals surface area contributed by atoms with Gasteiger partial charge in [-0.1, -0.05) is 24.0 Å². The lowest BCUT2D eigenvalue weighted by Gasteiger charge is -2.45. The van der Waals surface area contributed by atoms with Crippen LogP contribution < -0.4 is 0 Å². The largest absolute Gasteiger partial charge is 0.370 e. The minimum atomic E-state index is 0.0307. The summed E-state index contributed by atoms with van der Waals surface area (Å²) < 4.78 is 5.60. The van der Waals surface area contributed by atoms with Crippen molar-refractivity contribution in [3.63, 3.8) is 0 Å². The van der Waals surface area contributed by atoms with Crippen LogP contribution in [0.1, 0.15) is 29.5 Å². The highest BCUT2D eigenvalue weighted by molar-refractivity contribution is 5.81. The highest BCUT2D eigenvalue weighted by Crippen LogP contribution is 2.28. The quantitative estimate of drug-likeness (QED) is 0.648. The van der Waals surface area contributed by atoms with Crippen LogP contribution in [0.5, 0.6) is 0 Å². The van der Waals surface area contributed by atoms with Gasteiger partial charge in [0.2, 0.25) is 0 Å². The van der Waals surface area contributed by atoms with Crippen molar-refractivity contribution in [2.24, 2.45) is 11.8 Å². The zero-order chi connectivity index (χ0) is 19.7. The maximum atomic E-state index is 12.7. The Hall–Kier alpha value is -2.83. The number of hydrogen-bond donors (Lipinski definition) is 0. The summed E-state index contributed by atoms with van der Waals surface area (Å²) in [6.45, 7) is 4.66. The van der Waals surface area contributed by atoms with Crippen LogP contribution in [0.4, 0.5) is 4.79 Å². The lowest BCUT2D eigenvalue weighted by atomic mass is 9.88. The summed E-state index contributed by atoms with van der Waals surface area (Å²) in [5.74, 6) is 6.73. The molecule has 0 unspecified atom stereocenters. The molecule has 3 fully saturated rings. The van der Waals surface area contributed by atoms with Crippen LogP contribution in [-0.4, -0.2) is 60.5 Å². The van der Waals surface area contributed by atoms with E-state index in [4.69, 9.17) is 4.74 Å². The summed E-state index contributed by atoms with van der Waals surface area (Å²) in [6, 6.07) is 7.80. The van der Waals surface area contributed by atoms with Crippen LogP contribution in [0.25, 0.3) is 0 Å². The maximum absolute atomic E-state index is 12.7. The monoisotopic (exact) mass is 377 g/mol. The van der Waals surface area contributed by atoms with Crippen LogP contribution in [-0.2, 0) is 9.53 Å². The number of likely N-dealkylation sites (tertiary alicyclic amines) is 2. The smallest absolute Gasteiger partial charge is 0.320 e. The minimum absolute atomic E-state index is 0.0307. The number of amides is 2. The topological polar surface area (TPSA) is 73.6 Å². The Morgan fingerprint density at radius 2 is 2.07 bits per heavy atom. The number of benzene rings is 1. The van der Waals surface area contributed by atoms with Crippen molar-refractivity contribution in [3.8, 4) is 17.9 Å². The van der Waals surface area contributed by atoms with Crippen LogP contribution in [0.2, 0.25) is 0 Å². The van der Waals surface area contributed by atoms with Crippen molar-refractivity contribution in [1.82, 2.24) is 9.80 Å². The number of ether oxygens (including phenoxy) is 1. The van der Waals surface area contributed by atoms with Gasteiger partial charge in [-0.3, -0.25) is 4.79 Å². The normalized spacial score (nSPS) is 24.5. The molecule has 3 heterocycles. The van der Waals surface area contributed by atoms with Crippen LogP contribution in [0.3, 0.4) is 0 Å². The molecule has 2 amide bonds. The van der Waals surface area contributed by atoms with E-state index in [2.05, 4.69) is 17.9 Å². The molecule has 3 aliphatic heterocycles. The third-order valence-electron chi connectivity index (χ3n) is 5.83. The average Bonchev–Trinajstić information content (AvgIpc) is 2.66. The molecule has 6 heteroatoms. The number of aryl methyl sites for hydroxylation is 1. The van der Waals surface area contributed by atoms with E-state index in [0.717, 1.165) is 17.5 Å². The molecule has 0 saturated carbocycles. The Kier molecular flexibility index (Phi) is 5.07. The number of nitriles is 1. The summed E-state index contributed by atoms with van der Waals surface area (Å²) >= 11 is 0. The number of fused-ring (bicyclic) bond motifs is 1. The third-order valence-corrected chi connectivity index (χ3v) is 5.83. The Labute approximate surface area is 165 Å². The molecule has 2 atom stereocenters. The van der Waals surface area contributed by atoms with Gasteiger partial charge >= 0.3 is 6.03 Å². The third kappa shape index (κ3) is 3.61. The molecule has 0 radical (unpaired) electrons. The first-order chi connectivity index (χ1) is 13.5. The van der Waals surface area contributed by atoms with Crippen molar-refractivity contribution in [3.05, 3.63) is 34.9 Å². The first kappa shape index (κ1) is 18.5. The number of urea groups is 1. The number of carbonyl (C=O) groups excluding carboxylic acids is 2. The number of carbonyl (C=O) groups is 2. The number of hydrogen-bond acceptors (Lipinski definition) is 4. The molecule has 144 valence electrons. The fourth-order valence-electron chi connectivity index (χ4n) is 4.18. The first-order valence-corrected chi connectivity index (χ1v) is 9.73. The molecule has 0 bridgehead atoms. The van der Waals surface area contributed by atoms with Gasteiger partial charge in [0.1, 0.15) is 12.7 Å². The Balaban J connectivity index is 1.33. The van der Waals surface area contributed by atoms with Crippen molar-refractivity contribution in [2.75, 3.05) is 32.8 Å². The molecular formula is C22H23N3O3. The fraction of sp³-hybridized carbons (Fsp3) is 0.500. The molecule has 28 heavy (non-hydrogen) atoms. The van der Waals surface area contributed by atoms with Gasteiger partial charge in [0, 0.05) is 44.1 Å². The van der Waals surface area contributed by atoms with Gasteiger partial charge in [-0.05, 0) is 25.0 Å². The SMILES string of the molecule is Cc1cccc(C#N)c1C#CC1CN(C(=O)N2CC[C@@H]3OCC(=O)C[C@@H]3C2)C1. The molecule has 0 spiro atoms. The lowest BCUT2D eigenvalue weighted by molar-refractivity contribution is -0.140. The van der Waals surface area contributed by atoms with E-state index < -0.39 is 0 Å². The molecule has 1 aromatic rings. The van der Waals surface area contributed by atoms with E-state index in [1.54, 1.807) is 6.07 Å². The molecule has 0 N–H and O–H groups in total. The second-order valence-corrected chi connectivity index (χ2v) is 7.85. The summed E-state index contributed by atoms with van der Waals surface area (Å²) in [7, 11) is 0. The van der Waals surface area contributed by atoms with E-state index in [-0.39, 0.29) is 36.4 Å². The number of nitrogens with zero attached hydrogens (tertiary/aromatic N) is 3. The second kappa shape index (κ2) is 7.66. The zero-order valence-corrected chi connectivity index (χ0v) is 16.0. The van der Waals surface area contributed by atoms with Gasteiger partial charge in [-0.15, -0.1) is 0 Å². The van der Waals surface area contributed by atoms with Crippen molar-refractivity contribution < 1.29 is 14.3 Å². The van der Waals surface area contributed by atoms with Gasteiger partial charge in [0.05, 0.1) is 17.6 Å². The van der Waals surface area contributed by atoms with Gasteiger partial charge in [0.25, 0.3) is 0 Å². The molecule has 0 aromatic heterocycles. The summed E-state index contributed by atoms with van der Waals surface area (Å²) in [4.78, 5) is 28.0. The van der Waals surface area contributed by atoms with Crippen molar-refractivity contribution >= 4 is 11.8 Å². The maximum Gasteiger partial charge on any atom is 0.320 e. The highest BCUT2D eigenvalue weighted by Gasteiger charge is 2.39. The fourth-order valence-corrected chi connectivity index (χ4v) is 4.18. The molecule has 0 aliphatic carbocycles. The van der Waals surface area contributed by atoms with Crippen molar-refractivity contribution in [2.45, 2.75) is 25.9 Å². The predicted octanol–water partition coefficient (Wildman–Crippen LogP) is 1.95. The lowest BCUT2D eigenvalue weighted by Crippen LogP contribution is -2.58. The molecule has 3 saturated heterocycles. The highest BCUT2D eigenvalue weighted by atomic mass is 16.5. The summed E-state index contributed by atoms with van der Waals surface area (Å²) in [5, 5.41) is 9.23. The van der Waals surface area contributed by atoms with E-state index in [1.807, 2.05) is 28.9 Å². The van der Waals surface area contributed by atoms with E-state index in [1.165, 1.54) is 0 Å². The number of rotatable bonds is 0. The molecule has 4 rings (SSSR count). The summed E-state index contributed by atoms with van der Waals surface area (Å²) in [6.07, 6.45) is 1.42. The zero-order valence-electron chi connectivity index (χ0n) is 16.0. The first-order valence-electron chi connectivity index (χ1n) is 9.73. The van der Waals surface area contributed by atoms with E-state index >= 15 is 0 Å². The molecular weight excluding hydrogens is 354 g/mol. The standard InChI is InChI=1S/C22H23N3O3/c1-15-3-2-4-17(10-23)20(15)6-5-16-11-25(12-16)22(27)24-8-7-21-18(13-24)9-19(26)14-28-21/h2-4,16,18,21H,7-9,11-14H2,1H3/t18-,21+/m1/s1. The van der Waals surface area contributed by atoms with E-state index in [0.29, 0.717) is 38.2 Å². The molecule has 3 aliphatic rings. The van der Waals surface area contributed by atoms with Crippen molar-refractivity contribution in [1.29, 1.82) is 5.26 Å².